The molecule has 2 N–H and O–H groups in total. The molecule has 17 heavy (non-hydrogen) atoms. The van der Waals surface area contributed by atoms with Crippen LogP contribution in [0.2, 0.25) is 0 Å². The molecule has 0 aliphatic carbocycles. The van der Waals surface area contributed by atoms with Gasteiger partial charge in [0.15, 0.2) is 0 Å². The van der Waals surface area contributed by atoms with Crippen LogP contribution in [-0.4, -0.2) is 34.6 Å². The summed E-state index contributed by atoms with van der Waals surface area (Å²) in [6.07, 6.45) is 0. The third-order valence-electron chi connectivity index (χ3n) is 3.00. The van der Waals surface area contributed by atoms with Crippen molar-refractivity contribution in [3.63, 3.8) is 0 Å². The van der Waals surface area contributed by atoms with Crippen molar-refractivity contribution < 1.29 is 0 Å². The summed E-state index contributed by atoms with van der Waals surface area (Å²) in [4.78, 5) is 11.4. The number of nitrogen functional groups attached to an aromatic ring is 1. The van der Waals surface area contributed by atoms with Gasteiger partial charge in [-0.1, -0.05) is 13.8 Å². The van der Waals surface area contributed by atoms with Gasteiger partial charge < -0.3 is 10.6 Å². The van der Waals surface area contributed by atoms with Crippen LogP contribution in [0, 0.1) is 6.92 Å². The number of hydrogen-bond donors (Lipinski definition) is 1. The fraction of sp³-hybridized carbons (Fsp3) is 0.667. The molecule has 0 spiro atoms. The van der Waals surface area contributed by atoms with E-state index in [1.54, 1.807) is 0 Å². The summed E-state index contributed by atoms with van der Waals surface area (Å²) in [5.74, 6) is 5.15. The van der Waals surface area contributed by atoms with E-state index in [0.717, 1.165) is 30.3 Å². The molecule has 4 nitrogen and oxygen atoms in total. The highest BCUT2D eigenvalue weighted by molar-refractivity contribution is 7.99. The minimum Gasteiger partial charge on any atom is -0.383 e. The zero-order chi connectivity index (χ0) is 12.4. The highest BCUT2D eigenvalue weighted by atomic mass is 32.2. The molecule has 2 rings (SSSR count). The van der Waals surface area contributed by atoms with E-state index < -0.39 is 0 Å². The van der Waals surface area contributed by atoms with Gasteiger partial charge in [-0.2, -0.15) is 11.8 Å². The Balaban J connectivity index is 2.36. The van der Waals surface area contributed by atoms with Crippen LogP contribution in [-0.2, 0) is 0 Å². The van der Waals surface area contributed by atoms with E-state index in [1.807, 2.05) is 18.7 Å². The van der Waals surface area contributed by atoms with Gasteiger partial charge in [0.1, 0.15) is 17.5 Å². The van der Waals surface area contributed by atoms with Crippen molar-refractivity contribution >= 4 is 23.4 Å². The summed E-state index contributed by atoms with van der Waals surface area (Å²) in [7, 11) is 0. The van der Waals surface area contributed by atoms with Crippen LogP contribution in [0.4, 0.5) is 11.6 Å². The zero-order valence-electron chi connectivity index (χ0n) is 10.7. The smallest absolute Gasteiger partial charge is 0.137 e. The molecule has 5 heteroatoms. The van der Waals surface area contributed by atoms with E-state index >= 15 is 0 Å². The van der Waals surface area contributed by atoms with Crippen molar-refractivity contribution in [1.29, 1.82) is 0 Å². The van der Waals surface area contributed by atoms with Gasteiger partial charge in [0.05, 0.1) is 0 Å². The molecule has 1 saturated heterocycles. The monoisotopic (exact) mass is 252 g/mol. The van der Waals surface area contributed by atoms with Crippen LogP contribution in [0.1, 0.15) is 31.2 Å². The van der Waals surface area contributed by atoms with Gasteiger partial charge in [0.25, 0.3) is 0 Å². The molecule has 0 unspecified atom stereocenters. The molecule has 0 radical (unpaired) electrons. The predicted molar refractivity (Wildman–Crippen MR) is 74.8 cm³/mol. The van der Waals surface area contributed by atoms with Crippen LogP contribution < -0.4 is 10.6 Å². The van der Waals surface area contributed by atoms with Gasteiger partial charge >= 0.3 is 0 Å². The van der Waals surface area contributed by atoms with Crippen molar-refractivity contribution in [3.05, 3.63) is 11.4 Å². The Morgan fingerprint density at radius 1 is 1.24 bits per heavy atom. The Kier molecular flexibility index (Phi) is 3.76. The lowest BCUT2D eigenvalue weighted by Crippen LogP contribution is -2.34. The molecule has 94 valence electrons. The highest BCUT2D eigenvalue weighted by Gasteiger charge is 2.18. The van der Waals surface area contributed by atoms with Gasteiger partial charge in [-0.05, 0) is 6.92 Å². The molecular weight excluding hydrogens is 232 g/mol. The first kappa shape index (κ1) is 12.5. The molecule has 1 aliphatic rings. The largest absolute Gasteiger partial charge is 0.383 e. The molecule has 1 aromatic rings. The maximum Gasteiger partial charge on any atom is 0.137 e. The van der Waals surface area contributed by atoms with Gasteiger partial charge in [-0.15, -0.1) is 0 Å². The molecule has 0 atom stereocenters. The lowest BCUT2D eigenvalue weighted by Gasteiger charge is -2.29. The van der Waals surface area contributed by atoms with Crippen molar-refractivity contribution in [3.8, 4) is 0 Å². The standard InChI is InChI=1S/C12H20N4S/c1-8(2)11-14-10(13)9(3)12(15-11)16-4-6-17-7-5-16/h8H,4-7H2,1-3H3,(H2,13,14,15). The van der Waals surface area contributed by atoms with E-state index in [4.69, 9.17) is 5.73 Å². The number of nitrogens with zero attached hydrogens (tertiary/aromatic N) is 3. The number of rotatable bonds is 2. The third-order valence-corrected chi connectivity index (χ3v) is 3.94. The van der Waals surface area contributed by atoms with Gasteiger partial charge in [-0.25, -0.2) is 9.97 Å². The lowest BCUT2D eigenvalue weighted by molar-refractivity contribution is 0.753. The van der Waals surface area contributed by atoms with E-state index in [2.05, 4.69) is 28.7 Å². The Labute approximate surface area is 107 Å². The number of aromatic nitrogens is 2. The van der Waals surface area contributed by atoms with Crippen molar-refractivity contribution in [2.75, 3.05) is 35.2 Å². The number of hydrogen-bond acceptors (Lipinski definition) is 5. The Hall–Kier alpha value is -0.970. The molecule has 1 fully saturated rings. The predicted octanol–water partition coefficient (Wildman–Crippen LogP) is 2.04. The minimum atomic E-state index is 0.316. The van der Waals surface area contributed by atoms with Crippen LogP contribution in [0.3, 0.4) is 0 Å². The summed E-state index contributed by atoms with van der Waals surface area (Å²) >= 11 is 2.00. The maximum absolute atomic E-state index is 5.98. The fourth-order valence-corrected chi connectivity index (χ4v) is 2.78. The molecule has 1 aromatic heterocycles. The van der Waals surface area contributed by atoms with Crippen molar-refractivity contribution in [2.24, 2.45) is 0 Å². The summed E-state index contributed by atoms with van der Waals surface area (Å²) < 4.78 is 0. The highest BCUT2D eigenvalue weighted by Crippen LogP contribution is 2.26. The van der Waals surface area contributed by atoms with Crippen LogP contribution in [0.5, 0.6) is 0 Å². The Morgan fingerprint density at radius 2 is 1.88 bits per heavy atom. The molecule has 0 saturated carbocycles. The van der Waals surface area contributed by atoms with Gasteiger partial charge in [-0.3, -0.25) is 0 Å². The third kappa shape index (κ3) is 2.65. The Morgan fingerprint density at radius 3 is 2.47 bits per heavy atom. The topological polar surface area (TPSA) is 55.0 Å². The quantitative estimate of drug-likeness (QED) is 0.873. The number of thioether (sulfide) groups is 1. The molecular formula is C12H20N4S. The van der Waals surface area contributed by atoms with E-state index in [0.29, 0.717) is 11.7 Å². The molecule has 0 bridgehead atoms. The van der Waals surface area contributed by atoms with Gasteiger partial charge in [0.2, 0.25) is 0 Å². The van der Waals surface area contributed by atoms with Crippen molar-refractivity contribution in [1.82, 2.24) is 9.97 Å². The summed E-state index contributed by atoms with van der Waals surface area (Å²) in [6, 6.07) is 0. The zero-order valence-corrected chi connectivity index (χ0v) is 11.5. The van der Waals surface area contributed by atoms with E-state index in [9.17, 15) is 0 Å². The second kappa shape index (κ2) is 5.12. The first-order chi connectivity index (χ1) is 8.09. The summed E-state index contributed by atoms with van der Waals surface area (Å²) in [5.41, 5.74) is 7.00. The van der Waals surface area contributed by atoms with Crippen LogP contribution in [0.15, 0.2) is 0 Å². The van der Waals surface area contributed by atoms with Gasteiger partial charge in [0, 0.05) is 36.1 Å². The first-order valence-electron chi connectivity index (χ1n) is 6.06. The minimum absolute atomic E-state index is 0.316. The van der Waals surface area contributed by atoms with Crippen LogP contribution >= 0.6 is 11.8 Å². The Bertz CT molecular complexity index is 400. The second-order valence-electron chi connectivity index (χ2n) is 4.67. The normalized spacial score (nSPS) is 16.6. The maximum atomic E-state index is 5.98. The summed E-state index contributed by atoms with van der Waals surface area (Å²) in [5, 5.41) is 0. The summed E-state index contributed by atoms with van der Waals surface area (Å²) in [6.45, 7) is 8.31. The molecule has 0 aromatic carbocycles. The second-order valence-corrected chi connectivity index (χ2v) is 5.89. The van der Waals surface area contributed by atoms with E-state index in [-0.39, 0.29) is 0 Å². The average Bonchev–Trinajstić information content (AvgIpc) is 2.33. The molecule has 2 heterocycles. The first-order valence-corrected chi connectivity index (χ1v) is 7.21. The molecule has 0 amide bonds. The van der Waals surface area contributed by atoms with Crippen molar-refractivity contribution in [2.45, 2.75) is 26.7 Å². The SMILES string of the molecule is Cc1c(N)nc(C(C)C)nc1N1CCSCC1. The molecule has 1 aliphatic heterocycles. The lowest BCUT2D eigenvalue weighted by atomic mass is 10.2. The van der Waals surface area contributed by atoms with Crippen LogP contribution in [0.25, 0.3) is 0 Å². The van der Waals surface area contributed by atoms with E-state index in [1.165, 1.54) is 11.5 Å². The number of anilines is 2. The fourth-order valence-electron chi connectivity index (χ4n) is 1.88. The number of nitrogens with two attached hydrogens (primary N) is 1. The average molecular weight is 252 g/mol.